The molecule has 0 spiro atoms. The Morgan fingerprint density at radius 3 is 2.79 bits per heavy atom. The van der Waals surface area contributed by atoms with Gasteiger partial charge in [-0.3, -0.25) is 4.90 Å². The van der Waals surface area contributed by atoms with Gasteiger partial charge >= 0.3 is 12.1 Å². The van der Waals surface area contributed by atoms with Crippen LogP contribution in [0.4, 0.5) is 4.79 Å². The molecule has 29 heavy (non-hydrogen) atoms. The van der Waals surface area contributed by atoms with Crippen LogP contribution in [-0.2, 0) is 4.74 Å². The van der Waals surface area contributed by atoms with Gasteiger partial charge in [0.25, 0.3) is 0 Å². The molecule has 0 bridgehead atoms. The molecule has 3 atom stereocenters. The maximum Gasteiger partial charge on any atom is 0.410 e. The molecule has 2 rings (SSSR count). The lowest BCUT2D eigenvalue weighted by Crippen LogP contribution is -2.36. The van der Waals surface area contributed by atoms with Crippen molar-refractivity contribution in [3.63, 3.8) is 0 Å². The fraction of sp³-hybridized carbons (Fsp3) is 0.550. The van der Waals surface area contributed by atoms with Crippen molar-refractivity contribution in [2.45, 2.75) is 62.1 Å². The maximum absolute atomic E-state index is 12.2. The van der Waals surface area contributed by atoms with E-state index in [1.165, 1.54) is 28.5 Å². The van der Waals surface area contributed by atoms with Crippen LogP contribution in [0, 0.1) is 0 Å². The lowest BCUT2D eigenvalue weighted by molar-refractivity contribution is 0.0660. The highest BCUT2D eigenvalue weighted by Crippen LogP contribution is 2.26. The van der Waals surface area contributed by atoms with Gasteiger partial charge in [-0.2, -0.15) is 0 Å². The van der Waals surface area contributed by atoms with E-state index < -0.39 is 11.6 Å². The highest BCUT2D eigenvalue weighted by Gasteiger charge is 2.37. The third kappa shape index (κ3) is 7.17. The first-order chi connectivity index (χ1) is 13.7. The number of thiazole rings is 1. The minimum absolute atomic E-state index is 0.0355. The second-order valence-electron chi connectivity index (χ2n) is 7.14. The summed E-state index contributed by atoms with van der Waals surface area (Å²) in [5, 5.41) is 20.9. The summed E-state index contributed by atoms with van der Waals surface area (Å²) in [5.74, 6) is -0.463. The Bertz CT molecular complexity index is 760. The lowest BCUT2D eigenvalue weighted by atomic mass is 9.96. The summed E-state index contributed by atoms with van der Waals surface area (Å²) in [5.41, 5.74) is -0.796. The number of carboxylic acid groups (broad SMARTS) is 1. The van der Waals surface area contributed by atoms with Gasteiger partial charge in [0.1, 0.15) is 6.10 Å². The molecule has 9 heteroatoms. The third-order valence-corrected chi connectivity index (χ3v) is 6.47. The van der Waals surface area contributed by atoms with Gasteiger partial charge in [0, 0.05) is 17.7 Å². The molecule has 1 saturated heterocycles. The van der Waals surface area contributed by atoms with Gasteiger partial charge in [0.05, 0.1) is 11.6 Å². The number of hydrogen-bond donors (Lipinski definition) is 2. The molecule has 0 aromatic carbocycles. The van der Waals surface area contributed by atoms with Gasteiger partial charge in [-0.25, -0.2) is 14.6 Å². The van der Waals surface area contributed by atoms with Crippen molar-refractivity contribution in [3.8, 4) is 0 Å². The summed E-state index contributed by atoms with van der Waals surface area (Å²) >= 11 is 2.69. The molecule has 160 valence electrons. The highest BCUT2D eigenvalue weighted by atomic mass is 32.2. The zero-order valence-corrected chi connectivity index (χ0v) is 18.5. The van der Waals surface area contributed by atoms with E-state index in [-0.39, 0.29) is 23.9 Å². The Labute approximate surface area is 179 Å². The molecule has 2 heterocycles. The Morgan fingerprint density at radius 2 is 2.14 bits per heavy atom. The van der Waals surface area contributed by atoms with Gasteiger partial charge in [0.2, 0.25) is 0 Å². The number of carboxylic acids is 1. The van der Waals surface area contributed by atoms with E-state index in [4.69, 9.17) is 9.84 Å². The van der Waals surface area contributed by atoms with Crippen molar-refractivity contribution >= 4 is 35.2 Å². The van der Waals surface area contributed by atoms with Crippen LogP contribution < -0.4 is 0 Å². The SMILES string of the molecule is CCC=CCC(C)(O)CC=CC1C(C)OC(=O)N1CCSc1nc(C(=O)O)cs1. The van der Waals surface area contributed by atoms with E-state index in [1.54, 1.807) is 11.8 Å². The molecule has 7 nitrogen and oxygen atoms in total. The number of thioether (sulfide) groups is 1. The van der Waals surface area contributed by atoms with E-state index >= 15 is 0 Å². The van der Waals surface area contributed by atoms with Gasteiger partial charge < -0.3 is 14.9 Å². The summed E-state index contributed by atoms with van der Waals surface area (Å²) in [6, 6.07) is -0.198. The van der Waals surface area contributed by atoms with Crippen molar-refractivity contribution < 1.29 is 24.5 Å². The van der Waals surface area contributed by atoms with Crippen molar-refractivity contribution in [2.24, 2.45) is 0 Å². The smallest absolute Gasteiger partial charge is 0.410 e. The number of rotatable bonds is 11. The molecular weight excluding hydrogens is 412 g/mol. The predicted octanol–water partition coefficient (Wildman–Crippen LogP) is 4.20. The normalized spacial score (nSPS) is 21.8. The number of aromatic carboxylic acids is 1. The van der Waals surface area contributed by atoms with E-state index in [1.807, 2.05) is 31.2 Å². The molecule has 0 aliphatic carbocycles. The van der Waals surface area contributed by atoms with Crippen molar-refractivity contribution in [1.29, 1.82) is 0 Å². The molecule has 1 amide bonds. The molecule has 3 unspecified atom stereocenters. The lowest BCUT2D eigenvalue weighted by Gasteiger charge is -2.22. The number of cyclic esters (lactones) is 1. The average molecular weight is 441 g/mol. The van der Waals surface area contributed by atoms with Crippen LogP contribution in [0.5, 0.6) is 0 Å². The molecule has 1 fully saturated rings. The molecule has 1 aromatic heterocycles. The first-order valence-electron chi connectivity index (χ1n) is 9.56. The van der Waals surface area contributed by atoms with Crippen LogP contribution in [0.3, 0.4) is 0 Å². The van der Waals surface area contributed by atoms with Crippen LogP contribution in [0.25, 0.3) is 0 Å². The molecule has 1 aliphatic heterocycles. The van der Waals surface area contributed by atoms with Crippen molar-refractivity contribution in [2.75, 3.05) is 12.3 Å². The summed E-state index contributed by atoms with van der Waals surface area (Å²) < 4.78 is 6.01. The van der Waals surface area contributed by atoms with Gasteiger partial charge in [-0.1, -0.05) is 43.0 Å². The first kappa shape index (κ1) is 23.4. The molecule has 2 N–H and O–H groups in total. The maximum atomic E-state index is 12.2. The molecule has 1 aromatic rings. The number of carbonyl (C=O) groups is 2. The predicted molar refractivity (Wildman–Crippen MR) is 115 cm³/mol. The average Bonchev–Trinajstić information content (AvgIpc) is 3.21. The van der Waals surface area contributed by atoms with Gasteiger partial charge in [-0.15, -0.1) is 11.3 Å². The zero-order valence-electron chi connectivity index (χ0n) is 16.9. The fourth-order valence-corrected chi connectivity index (χ4v) is 4.68. The summed E-state index contributed by atoms with van der Waals surface area (Å²) in [6.45, 7) is 6.16. The number of aromatic nitrogens is 1. The number of amides is 1. The van der Waals surface area contributed by atoms with Crippen molar-refractivity contribution in [1.82, 2.24) is 9.88 Å². The fourth-order valence-electron chi connectivity index (χ4n) is 2.87. The number of ether oxygens (including phenoxy) is 1. The highest BCUT2D eigenvalue weighted by molar-refractivity contribution is 8.01. The number of carbonyl (C=O) groups excluding carboxylic acids is 1. The standard InChI is InChI=1S/C20H28N2O5S2/c1-4-5-6-9-20(3,26)10-7-8-16-14(2)27-19(25)22(16)11-12-28-18-21-15(13-29-18)17(23)24/h5-8,13-14,16,26H,4,9-12H2,1-3H3,(H,23,24). The Balaban J connectivity index is 1.89. The van der Waals surface area contributed by atoms with Crippen LogP contribution in [0.2, 0.25) is 0 Å². The first-order valence-corrected chi connectivity index (χ1v) is 11.4. The number of nitrogens with zero attached hydrogens (tertiary/aromatic N) is 2. The summed E-state index contributed by atoms with van der Waals surface area (Å²) in [6.07, 6.45) is 9.21. The number of hydrogen-bond acceptors (Lipinski definition) is 7. The molecule has 0 radical (unpaired) electrons. The van der Waals surface area contributed by atoms with E-state index in [0.717, 1.165) is 6.42 Å². The van der Waals surface area contributed by atoms with E-state index in [0.29, 0.717) is 29.5 Å². The topological polar surface area (TPSA) is 100.0 Å². The van der Waals surface area contributed by atoms with Crippen LogP contribution in [-0.4, -0.2) is 62.2 Å². The monoisotopic (exact) mass is 440 g/mol. The van der Waals surface area contributed by atoms with E-state index in [2.05, 4.69) is 11.9 Å². The minimum Gasteiger partial charge on any atom is -0.476 e. The molecule has 0 saturated carbocycles. The second kappa shape index (κ2) is 10.8. The van der Waals surface area contributed by atoms with Gasteiger partial charge in [0.15, 0.2) is 10.0 Å². The Kier molecular flexibility index (Phi) is 8.73. The van der Waals surface area contributed by atoms with Gasteiger partial charge in [-0.05, 0) is 33.1 Å². The third-order valence-electron chi connectivity index (χ3n) is 4.47. The number of allylic oxidation sites excluding steroid dienone is 1. The zero-order chi connectivity index (χ0) is 21.4. The second-order valence-corrected chi connectivity index (χ2v) is 9.34. The Morgan fingerprint density at radius 1 is 1.41 bits per heavy atom. The van der Waals surface area contributed by atoms with Crippen LogP contribution in [0.15, 0.2) is 34.0 Å². The van der Waals surface area contributed by atoms with Crippen LogP contribution in [0.1, 0.15) is 50.5 Å². The van der Waals surface area contributed by atoms with E-state index in [9.17, 15) is 14.7 Å². The summed E-state index contributed by atoms with van der Waals surface area (Å²) in [4.78, 5) is 28.8. The quantitative estimate of drug-likeness (QED) is 0.393. The summed E-state index contributed by atoms with van der Waals surface area (Å²) in [7, 11) is 0. The minimum atomic E-state index is -1.05. The van der Waals surface area contributed by atoms with Crippen LogP contribution >= 0.6 is 23.1 Å². The molecular formula is C20H28N2O5S2. The number of aliphatic hydroxyl groups is 1. The van der Waals surface area contributed by atoms with Crippen molar-refractivity contribution in [3.05, 3.63) is 35.4 Å². The molecule has 1 aliphatic rings. The largest absolute Gasteiger partial charge is 0.476 e. The Hall–Kier alpha value is -1.84.